The fourth-order valence-electron chi connectivity index (χ4n) is 1.77. The molecule has 21 heavy (non-hydrogen) atoms. The smallest absolute Gasteiger partial charge is 0.168 e. The van der Waals surface area contributed by atoms with E-state index in [4.69, 9.17) is 27.9 Å². The summed E-state index contributed by atoms with van der Waals surface area (Å²) in [6, 6.07) is 7.02. The molecule has 2 aromatic rings. The second-order valence-electron chi connectivity index (χ2n) is 4.60. The van der Waals surface area contributed by atoms with Crippen LogP contribution in [0.5, 0.6) is 5.75 Å². The van der Waals surface area contributed by atoms with E-state index in [0.29, 0.717) is 21.6 Å². The van der Waals surface area contributed by atoms with Gasteiger partial charge in [-0.3, -0.25) is 0 Å². The van der Waals surface area contributed by atoms with Crippen molar-refractivity contribution in [3.8, 4) is 5.75 Å². The zero-order valence-electron chi connectivity index (χ0n) is 12.0. The highest BCUT2D eigenvalue weighted by Crippen LogP contribution is 2.28. The highest BCUT2D eigenvalue weighted by molar-refractivity contribution is 6.35. The van der Waals surface area contributed by atoms with Crippen LogP contribution in [0, 0.1) is 6.92 Å². The van der Waals surface area contributed by atoms with Crippen molar-refractivity contribution in [2.75, 3.05) is 11.9 Å². The number of rotatable bonds is 6. The van der Waals surface area contributed by atoms with Crippen molar-refractivity contribution in [2.45, 2.75) is 26.9 Å². The molecule has 0 saturated carbocycles. The van der Waals surface area contributed by atoms with Gasteiger partial charge >= 0.3 is 0 Å². The maximum atomic E-state index is 6.06. The first-order valence-electron chi connectivity index (χ1n) is 6.74. The molecule has 0 unspecified atom stereocenters. The minimum absolute atomic E-state index is 0.254. The number of ether oxygens (including phenoxy) is 1. The van der Waals surface area contributed by atoms with E-state index in [1.54, 1.807) is 18.2 Å². The van der Waals surface area contributed by atoms with Crippen LogP contribution in [0.25, 0.3) is 0 Å². The fraction of sp³-hybridized carbons (Fsp3) is 0.333. The Hall–Kier alpha value is -1.52. The van der Waals surface area contributed by atoms with Crippen LogP contribution in [0.1, 0.15) is 24.9 Å². The number of aromatic nitrogens is 2. The lowest BCUT2D eigenvalue weighted by Gasteiger charge is -2.10. The van der Waals surface area contributed by atoms with E-state index in [9.17, 15) is 0 Å². The Labute approximate surface area is 134 Å². The highest BCUT2D eigenvalue weighted by atomic mass is 35.5. The molecule has 0 aliphatic rings. The van der Waals surface area contributed by atoms with Gasteiger partial charge < -0.3 is 10.1 Å². The molecule has 1 N–H and O–H groups in total. The molecule has 6 heteroatoms. The van der Waals surface area contributed by atoms with Gasteiger partial charge in [0, 0.05) is 23.3 Å². The maximum absolute atomic E-state index is 6.06. The van der Waals surface area contributed by atoms with E-state index >= 15 is 0 Å². The lowest BCUT2D eigenvalue weighted by molar-refractivity contribution is 0.296. The number of nitrogens with one attached hydrogen (secondary N) is 1. The molecule has 1 aromatic heterocycles. The summed E-state index contributed by atoms with van der Waals surface area (Å²) in [6.45, 7) is 5.16. The molecule has 1 heterocycles. The first kappa shape index (κ1) is 15.9. The van der Waals surface area contributed by atoms with Crippen molar-refractivity contribution in [3.63, 3.8) is 0 Å². The summed E-state index contributed by atoms with van der Waals surface area (Å²) in [5, 5.41) is 4.29. The number of hydrogen-bond acceptors (Lipinski definition) is 4. The summed E-state index contributed by atoms with van der Waals surface area (Å²) in [7, 11) is 0. The van der Waals surface area contributed by atoms with Crippen molar-refractivity contribution in [3.05, 3.63) is 45.8 Å². The summed E-state index contributed by atoms with van der Waals surface area (Å²) in [6.07, 6.45) is 1.04. The molecule has 0 fully saturated rings. The predicted octanol–water partition coefficient (Wildman–Crippen LogP) is 4.49. The summed E-state index contributed by atoms with van der Waals surface area (Å²) in [5.74, 6) is 1.99. The number of anilines is 1. The summed E-state index contributed by atoms with van der Waals surface area (Å²) < 4.78 is 5.65. The monoisotopic (exact) mass is 325 g/mol. The Morgan fingerprint density at radius 2 is 2.00 bits per heavy atom. The quantitative estimate of drug-likeness (QED) is 0.849. The molecule has 0 amide bonds. The number of halogens is 2. The standard InChI is InChI=1S/C15H17Cl2N3O/c1-3-6-18-14-7-10(2)19-15(20-14)9-21-13-5-4-11(16)8-12(13)17/h4-5,7-8H,3,6,9H2,1-2H3,(H,18,19,20). The predicted molar refractivity (Wildman–Crippen MR) is 86.3 cm³/mol. The van der Waals surface area contributed by atoms with Gasteiger partial charge in [-0.15, -0.1) is 0 Å². The Morgan fingerprint density at radius 1 is 1.19 bits per heavy atom. The molecule has 0 bridgehead atoms. The van der Waals surface area contributed by atoms with Crippen molar-refractivity contribution < 1.29 is 4.74 Å². The summed E-state index contributed by atoms with van der Waals surface area (Å²) in [4.78, 5) is 8.78. The van der Waals surface area contributed by atoms with Gasteiger partial charge in [0.1, 0.15) is 18.2 Å². The number of aryl methyl sites for hydroxylation is 1. The number of benzene rings is 1. The van der Waals surface area contributed by atoms with E-state index in [1.807, 2.05) is 13.0 Å². The molecule has 1 aromatic carbocycles. The molecule has 0 aliphatic carbocycles. The third kappa shape index (κ3) is 4.76. The average molecular weight is 326 g/mol. The van der Waals surface area contributed by atoms with Crippen LogP contribution in [-0.2, 0) is 6.61 Å². The van der Waals surface area contributed by atoms with Crippen LogP contribution >= 0.6 is 23.2 Å². The third-order valence-electron chi connectivity index (χ3n) is 2.71. The van der Waals surface area contributed by atoms with Gasteiger partial charge in [0.25, 0.3) is 0 Å². The van der Waals surface area contributed by atoms with Crippen molar-refractivity contribution >= 4 is 29.0 Å². The lowest BCUT2D eigenvalue weighted by Crippen LogP contribution is -2.08. The maximum Gasteiger partial charge on any atom is 0.168 e. The summed E-state index contributed by atoms with van der Waals surface area (Å²) >= 11 is 11.9. The molecule has 0 saturated heterocycles. The topological polar surface area (TPSA) is 47.0 Å². The Kier molecular flexibility index (Phi) is 5.65. The Bertz CT molecular complexity index is 620. The van der Waals surface area contributed by atoms with Crippen LogP contribution in [0.2, 0.25) is 10.0 Å². The van der Waals surface area contributed by atoms with Gasteiger partial charge in [-0.05, 0) is 31.5 Å². The van der Waals surface area contributed by atoms with E-state index in [0.717, 1.165) is 24.5 Å². The van der Waals surface area contributed by atoms with Gasteiger partial charge in [-0.25, -0.2) is 9.97 Å². The van der Waals surface area contributed by atoms with Crippen LogP contribution < -0.4 is 10.1 Å². The number of hydrogen-bond donors (Lipinski definition) is 1. The molecule has 112 valence electrons. The zero-order valence-corrected chi connectivity index (χ0v) is 13.5. The minimum atomic E-state index is 0.254. The second-order valence-corrected chi connectivity index (χ2v) is 5.44. The average Bonchev–Trinajstić information content (AvgIpc) is 2.43. The third-order valence-corrected chi connectivity index (χ3v) is 3.24. The van der Waals surface area contributed by atoms with Crippen LogP contribution in [0.15, 0.2) is 24.3 Å². The molecular formula is C15H17Cl2N3O. The van der Waals surface area contributed by atoms with Crippen molar-refractivity contribution in [1.29, 1.82) is 0 Å². The van der Waals surface area contributed by atoms with Crippen molar-refractivity contribution in [2.24, 2.45) is 0 Å². The van der Waals surface area contributed by atoms with E-state index < -0.39 is 0 Å². The Balaban J connectivity index is 2.07. The first-order valence-corrected chi connectivity index (χ1v) is 7.50. The molecule has 0 atom stereocenters. The zero-order chi connectivity index (χ0) is 15.2. The molecule has 0 aliphatic heterocycles. The Morgan fingerprint density at radius 3 is 2.71 bits per heavy atom. The molecule has 0 radical (unpaired) electrons. The lowest BCUT2D eigenvalue weighted by atomic mass is 10.3. The van der Waals surface area contributed by atoms with E-state index in [-0.39, 0.29) is 6.61 Å². The SMILES string of the molecule is CCCNc1cc(C)nc(COc2ccc(Cl)cc2Cl)n1. The highest BCUT2D eigenvalue weighted by Gasteiger charge is 2.06. The molecule has 2 rings (SSSR count). The molecular weight excluding hydrogens is 309 g/mol. The van der Waals surface area contributed by atoms with Gasteiger partial charge in [-0.1, -0.05) is 30.1 Å². The van der Waals surface area contributed by atoms with Gasteiger partial charge in [0.15, 0.2) is 5.82 Å². The fourth-order valence-corrected chi connectivity index (χ4v) is 2.24. The molecule has 4 nitrogen and oxygen atoms in total. The van der Waals surface area contributed by atoms with E-state index in [2.05, 4.69) is 22.2 Å². The second kappa shape index (κ2) is 7.48. The van der Waals surface area contributed by atoms with Crippen LogP contribution in [-0.4, -0.2) is 16.5 Å². The van der Waals surface area contributed by atoms with E-state index in [1.165, 1.54) is 0 Å². The van der Waals surface area contributed by atoms with Gasteiger partial charge in [0.2, 0.25) is 0 Å². The molecule has 0 spiro atoms. The van der Waals surface area contributed by atoms with Crippen molar-refractivity contribution in [1.82, 2.24) is 9.97 Å². The largest absolute Gasteiger partial charge is 0.484 e. The van der Waals surface area contributed by atoms with Crippen LogP contribution in [0.4, 0.5) is 5.82 Å². The number of nitrogens with zero attached hydrogens (tertiary/aromatic N) is 2. The van der Waals surface area contributed by atoms with Gasteiger partial charge in [-0.2, -0.15) is 0 Å². The summed E-state index contributed by atoms with van der Waals surface area (Å²) in [5.41, 5.74) is 0.893. The minimum Gasteiger partial charge on any atom is -0.484 e. The normalized spacial score (nSPS) is 10.5. The van der Waals surface area contributed by atoms with Gasteiger partial charge in [0.05, 0.1) is 5.02 Å². The first-order chi connectivity index (χ1) is 10.1. The van der Waals surface area contributed by atoms with Crippen LogP contribution in [0.3, 0.4) is 0 Å².